The van der Waals surface area contributed by atoms with Crippen molar-refractivity contribution in [2.45, 2.75) is 51.2 Å². The number of aliphatic carboxylic acids is 1. The SMILES string of the molecule is CC(C)c1nnc(SCC(=O)O)n1CC1(C)CC1. The smallest absolute Gasteiger partial charge is 0.313 e. The Morgan fingerprint density at radius 3 is 2.67 bits per heavy atom. The molecule has 1 saturated carbocycles. The standard InChI is InChI=1S/C12H19N3O2S/c1-8(2)10-13-14-11(18-6-9(16)17)15(10)7-12(3)4-5-12/h8H,4-7H2,1-3H3,(H,16,17). The summed E-state index contributed by atoms with van der Waals surface area (Å²) in [5, 5.41) is 17.8. The average molecular weight is 269 g/mol. The van der Waals surface area contributed by atoms with Crippen LogP contribution in [-0.4, -0.2) is 31.6 Å². The number of rotatable bonds is 6. The Kier molecular flexibility index (Phi) is 3.66. The van der Waals surface area contributed by atoms with Crippen molar-refractivity contribution >= 4 is 17.7 Å². The largest absolute Gasteiger partial charge is 0.481 e. The van der Waals surface area contributed by atoms with E-state index in [2.05, 4.69) is 35.5 Å². The molecule has 1 aliphatic rings. The van der Waals surface area contributed by atoms with Gasteiger partial charge in [0.2, 0.25) is 0 Å². The second kappa shape index (κ2) is 4.91. The first-order valence-corrected chi connectivity index (χ1v) is 7.17. The summed E-state index contributed by atoms with van der Waals surface area (Å²) >= 11 is 1.25. The summed E-state index contributed by atoms with van der Waals surface area (Å²) in [6.45, 7) is 7.32. The molecule has 1 heterocycles. The van der Waals surface area contributed by atoms with Gasteiger partial charge in [-0.05, 0) is 18.3 Å². The highest BCUT2D eigenvalue weighted by molar-refractivity contribution is 7.99. The van der Waals surface area contributed by atoms with Gasteiger partial charge in [-0.3, -0.25) is 4.79 Å². The quantitative estimate of drug-likeness (QED) is 0.803. The molecular weight excluding hydrogens is 250 g/mol. The van der Waals surface area contributed by atoms with Crippen LogP contribution in [0.1, 0.15) is 45.4 Å². The summed E-state index contributed by atoms with van der Waals surface area (Å²) in [4.78, 5) is 10.6. The molecule has 18 heavy (non-hydrogen) atoms. The van der Waals surface area contributed by atoms with Gasteiger partial charge in [-0.25, -0.2) is 0 Å². The molecule has 6 heteroatoms. The highest BCUT2D eigenvalue weighted by Gasteiger charge is 2.39. The van der Waals surface area contributed by atoms with Crippen molar-refractivity contribution in [3.8, 4) is 0 Å². The first-order chi connectivity index (χ1) is 8.41. The van der Waals surface area contributed by atoms with Gasteiger partial charge in [-0.15, -0.1) is 10.2 Å². The average Bonchev–Trinajstić information content (AvgIpc) is 2.87. The van der Waals surface area contributed by atoms with E-state index >= 15 is 0 Å². The maximum absolute atomic E-state index is 10.6. The molecule has 0 bridgehead atoms. The second-order valence-corrected chi connectivity index (χ2v) is 6.52. The van der Waals surface area contributed by atoms with Crippen molar-refractivity contribution in [2.75, 3.05) is 5.75 Å². The fourth-order valence-electron chi connectivity index (χ4n) is 1.86. The molecule has 5 nitrogen and oxygen atoms in total. The van der Waals surface area contributed by atoms with Gasteiger partial charge >= 0.3 is 5.97 Å². The summed E-state index contributed by atoms with van der Waals surface area (Å²) in [7, 11) is 0. The molecule has 0 atom stereocenters. The van der Waals surface area contributed by atoms with Crippen LogP contribution in [0.3, 0.4) is 0 Å². The lowest BCUT2D eigenvalue weighted by Gasteiger charge is -2.15. The monoisotopic (exact) mass is 269 g/mol. The fraction of sp³-hybridized carbons (Fsp3) is 0.750. The molecule has 1 aromatic rings. The maximum Gasteiger partial charge on any atom is 0.313 e. The normalized spacial score (nSPS) is 17.1. The molecule has 2 rings (SSSR count). The Morgan fingerprint density at radius 1 is 1.50 bits per heavy atom. The van der Waals surface area contributed by atoms with Crippen molar-refractivity contribution in [1.29, 1.82) is 0 Å². The lowest BCUT2D eigenvalue weighted by atomic mass is 10.1. The summed E-state index contributed by atoms with van der Waals surface area (Å²) in [5.74, 6) is 0.473. The minimum atomic E-state index is -0.821. The Morgan fingerprint density at radius 2 is 2.17 bits per heavy atom. The number of thioether (sulfide) groups is 1. The molecule has 1 aliphatic carbocycles. The number of carboxylic acid groups (broad SMARTS) is 1. The first-order valence-electron chi connectivity index (χ1n) is 6.19. The molecular formula is C12H19N3O2S. The van der Waals surface area contributed by atoms with E-state index in [1.807, 2.05) is 0 Å². The van der Waals surface area contributed by atoms with Gasteiger partial charge in [0, 0.05) is 12.5 Å². The van der Waals surface area contributed by atoms with E-state index in [0.717, 1.165) is 17.5 Å². The van der Waals surface area contributed by atoms with Crippen LogP contribution in [0.25, 0.3) is 0 Å². The van der Waals surface area contributed by atoms with E-state index in [1.165, 1.54) is 24.6 Å². The van der Waals surface area contributed by atoms with Crippen LogP contribution in [0.2, 0.25) is 0 Å². The molecule has 1 aromatic heterocycles. The van der Waals surface area contributed by atoms with Crippen LogP contribution < -0.4 is 0 Å². The van der Waals surface area contributed by atoms with Gasteiger partial charge in [0.05, 0.1) is 5.75 Å². The van der Waals surface area contributed by atoms with Gasteiger partial charge in [-0.1, -0.05) is 32.5 Å². The van der Waals surface area contributed by atoms with Crippen LogP contribution in [0, 0.1) is 5.41 Å². The van der Waals surface area contributed by atoms with Crippen LogP contribution in [0.4, 0.5) is 0 Å². The molecule has 0 saturated heterocycles. The van der Waals surface area contributed by atoms with Gasteiger partial charge in [0.15, 0.2) is 5.16 Å². The number of nitrogens with zero attached hydrogens (tertiary/aromatic N) is 3. The number of hydrogen-bond donors (Lipinski definition) is 1. The molecule has 0 radical (unpaired) electrons. The minimum Gasteiger partial charge on any atom is -0.481 e. The van der Waals surface area contributed by atoms with Crippen molar-refractivity contribution < 1.29 is 9.90 Å². The number of carboxylic acids is 1. The van der Waals surface area contributed by atoms with E-state index in [0.29, 0.717) is 11.3 Å². The van der Waals surface area contributed by atoms with Gasteiger partial charge in [0.25, 0.3) is 0 Å². The third-order valence-electron chi connectivity index (χ3n) is 3.23. The van der Waals surface area contributed by atoms with Gasteiger partial charge in [0.1, 0.15) is 5.82 Å². The summed E-state index contributed by atoms with van der Waals surface area (Å²) in [5.41, 5.74) is 0.352. The minimum absolute atomic E-state index is 0.0347. The van der Waals surface area contributed by atoms with Crippen molar-refractivity contribution in [2.24, 2.45) is 5.41 Å². The van der Waals surface area contributed by atoms with Crippen LogP contribution in [0.15, 0.2) is 5.16 Å². The third-order valence-corrected chi connectivity index (χ3v) is 4.18. The van der Waals surface area contributed by atoms with Crippen LogP contribution >= 0.6 is 11.8 Å². The highest BCUT2D eigenvalue weighted by Crippen LogP contribution is 2.47. The van der Waals surface area contributed by atoms with Gasteiger partial charge < -0.3 is 9.67 Å². The van der Waals surface area contributed by atoms with E-state index in [1.54, 1.807) is 0 Å². The zero-order chi connectivity index (χ0) is 13.3. The van der Waals surface area contributed by atoms with Crippen molar-refractivity contribution in [1.82, 2.24) is 14.8 Å². The van der Waals surface area contributed by atoms with E-state index < -0.39 is 5.97 Å². The molecule has 0 aliphatic heterocycles. The maximum atomic E-state index is 10.6. The summed E-state index contributed by atoms with van der Waals surface area (Å²) < 4.78 is 2.10. The predicted molar refractivity (Wildman–Crippen MR) is 69.8 cm³/mol. The number of hydrogen-bond acceptors (Lipinski definition) is 4. The van der Waals surface area contributed by atoms with E-state index in [4.69, 9.17) is 5.11 Å². The highest BCUT2D eigenvalue weighted by atomic mass is 32.2. The Balaban J connectivity index is 2.19. The summed E-state index contributed by atoms with van der Waals surface area (Å²) in [6.07, 6.45) is 2.46. The van der Waals surface area contributed by atoms with E-state index in [9.17, 15) is 4.79 Å². The molecule has 0 aromatic carbocycles. The van der Waals surface area contributed by atoms with E-state index in [-0.39, 0.29) is 5.75 Å². The number of aromatic nitrogens is 3. The Labute approximate surface area is 111 Å². The zero-order valence-corrected chi connectivity index (χ0v) is 11.8. The third kappa shape index (κ3) is 3.04. The molecule has 1 fully saturated rings. The van der Waals surface area contributed by atoms with Gasteiger partial charge in [-0.2, -0.15) is 0 Å². The molecule has 0 amide bonds. The fourth-order valence-corrected chi connectivity index (χ4v) is 2.53. The molecule has 0 unspecified atom stereocenters. The van der Waals surface area contributed by atoms with Crippen molar-refractivity contribution in [3.05, 3.63) is 5.82 Å². The Hall–Kier alpha value is -1.04. The molecule has 100 valence electrons. The van der Waals surface area contributed by atoms with Crippen LogP contribution in [-0.2, 0) is 11.3 Å². The molecule has 0 spiro atoms. The topological polar surface area (TPSA) is 68.0 Å². The summed E-state index contributed by atoms with van der Waals surface area (Å²) in [6, 6.07) is 0. The molecule has 1 N–H and O–H groups in total. The number of carbonyl (C=O) groups is 1. The lowest BCUT2D eigenvalue weighted by Crippen LogP contribution is -2.14. The Bertz CT molecular complexity index is 452. The van der Waals surface area contributed by atoms with Crippen LogP contribution in [0.5, 0.6) is 0 Å². The van der Waals surface area contributed by atoms with Crippen molar-refractivity contribution in [3.63, 3.8) is 0 Å². The second-order valence-electron chi connectivity index (χ2n) is 5.57. The predicted octanol–water partition coefficient (Wildman–Crippen LogP) is 2.38. The zero-order valence-electron chi connectivity index (χ0n) is 11.0. The first kappa shape index (κ1) is 13.4. The lowest BCUT2D eigenvalue weighted by molar-refractivity contribution is -0.133.